The molecular formula is C10H14O4Zn. The Morgan fingerprint density at radius 3 is 1.00 bits per heavy atom. The zero-order valence-corrected chi connectivity index (χ0v) is 12.4. The summed E-state index contributed by atoms with van der Waals surface area (Å²) in [6.45, 7) is 5.47. The monoisotopic (exact) mass is 262 g/mol. The van der Waals surface area contributed by atoms with Crippen molar-refractivity contribution in [3.05, 3.63) is 23.7 Å². The van der Waals surface area contributed by atoms with Crippen LogP contribution < -0.4 is 0 Å². The van der Waals surface area contributed by atoms with Gasteiger partial charge in [-0.05, 0) is 39.3 Å². The van der Waals surface area contributed by atoms with Crippen molar-refractivity contribution in [2.45, 2.75) is 27.7 Å². The molecule has 0 bridgehead atoms. The molecule has 0 atom stereocenters. The van der Waals surface area contributed by atoms with E-state index in [4.69, 9.17) is 10.2 Å². The van der Waals surface area contributed by atoms with Crippen molar-refractivity contribution < 1.29 is 39.3 Å². The first-order valence-electron chi connectivity index (χ1n) is 3.86. The molecule has 0 spiro atoms. The molecule has 0 rings (SSSR count). The molecule has 4 nitrogen and oxygen atoms in total. The molecule has 0 radical (unpaired) electrons. The summed E-state index contributed by atoms with van der Waals surface area (Å²) in [5.74, 6) is -0.625. The Morgan fingerprint density at radius 2 is 1.00 bits per heavy atom. The van der Waals surface area contributed by atoms with E-state index in [0.29, 0.717) is 0 Å². The molecule has 0 saturated carbocycles. The van der Waals surface area contributed by atoms with Crippen LogP contribution in [0.3, 0.4) is 0 Å². The third-order valence-electron chi connectivity index (χ3n) is 0.714. The summed E-state index contributed by atoms with van der Waals surface area (Å²) in [5, 5.41) is 16.6. The van der Waals surface area contributed by atoms with E-state index in [-0.39, 0.29) is 42.6 Å². The maximum Gasteiger partial charge on any atom is 2.00 e. The summed E-state index contributed by atoms with van der Waals surface area (Å²) >= 11 is 0. The number of carbonyl (C=O) groups is 2. The van der Waals surface area contributed by atoms with Crippen molar-refractivity contribution in [2.75, 3.05) is 0 Å². The Morgan fingerprint density at radius 1 is 0.800 bits per heavy atom. The van der Waals surface area contributed by atoms with Crippen LogP contribution in [0.25, 0.3) is 0 Å². The molecule has 80 valence electrons. The van der Waals surface area contributed by atoms with Gasteiger partial charge in [-0.3, -0.25) is 0 Å². The van der Waals surface area contributed by atoms with Crippen molar-refractivity contribution >= 4 is 11.6 Å². The fourth-order valence-electron chi connectivity index (χ4n) is 0.510. The molecule has 0 saturated heterocycles. The number of aliphatic hydroxyl groups is 2. The summed E-state index contributed by atoms with van der Waals surface area (Å²) in [6, 6.07) is 0. The third-order valence-corrected chi connectivity index (χ3v) is 0.714. The van der Waals surface area contributed by atoms with E-state index in [1.54, 1.807) is 0 Å². The molecule has 0 unspecified atom stereocenters. The zero-order chi connectivity index (χ0) is 11.7. The van der Waals surface area contributed by atoms with E-state index in [0.717, 1.165) is 0 Å². The number of hydrogen-bond acceptors (Lipinski definition) is 4. The number of carbonyl (C=O) groups excluding carboxylic acids is 2. The first kappa shape index (κ1) is 19.6. The molecule has 0 aliphatic rings. The Bertz CT molecular complexity index is 231. The van der Waals surface area contributed by atoms with Gasteiger partial charge in [-0.25, -0.2) is 0 Å². The second-order valence-electron chi connectivity index (χ2n) is 2.53. The van der Waals surface area contributed by atoms with Crippen molar-refractivity contribution in [2.24, 2.45) is 0 Å². The predicted molar refractivity (Wildman–Crippen MR) is 51.5 cm³/mol. The fraction of sp³-hybridized carbons (Fsp3) is 0.400. The van der Waals surface area contributed by atoms with Gasteiger partial charge < -0.3 is 32.0 Å². The molecule has 0 aliphatic heterocycles. The van der Waals surface area contributed by atoms with Crippen molar-refractivity contribution in [1.29, 1.82) is 0 Å². The van der Waals surface area contributed by atoms with Crippen LogP contribution in [0.1, 0.15) is 27.7 Å². The van der Waals surface area contributed by atoms with E-state index >= 15 is 0 Å². The van der Waals surface area contributed by atoms with Gasteiger partial charge in [0.1, 0.15) is 0 Å². The van der Waals surface area contributed by atoms with Gasteiger partial charge in [0.25, 0.3) is 0 Å². The molecule has 0 heterocycles. The number of rotatable bonds is 2. The molecule has 15 heavy (non-hydrogen) atoms. The maximum atomic E-state index is 9.96. The molecule has 0 amide bonds. The summed E-state index contributed by atoms with van der Waals surface area (Å²) in [4.78, 5) is 19.9. The Balaban J connectivity index is -0.000000180. The van der Waals surface area contributed by atoms with Crippen LogP contribution in [-0.2, 0) is 29.1 Å². The maximum absolute atomic E-state index is 9.96. The number of aliphatic hydroxyl groups excluding tert-OH is 2. The smallest absolute Gasteiger partial charge is 0.549 e. The molecular weight excluding hydrogens is 249 g/mol. The first-order valence-corrected chi connectivity index (χ1v) is 3.86. The SMILES string of the molecule is CC(=O)[C-]=C(C)O.CC(=O)[C-]=C(C)O.[Zn+2]. The topological polar surface area (TPSA) is 74.6 Å². The molecule has 2 N–H and O–H groups in total. The molecule has 0 aromatic heterocycles. The van der Waals surface area contributed by atoms with Crippen molar-refractivity contribution in [3.8, 4) is 0 Å². The fourth-order valence-corrected chi connectivity index (χ4v) is 0.510. The predicted octanol–water partition coefficient (Wildman–Crippen LogP) is 1.68. The van der Waals surface area contributed by atoms with Crippen LogP contribution in [0.2, 0.25) is 0 Å². The van der Waals surface area contributed by atoms with Gasteiger partial charge in [0, 0.05) is 0 Å². The number of ketones is 2. The summed E-state index contributed by atoms with van der Waals surface area (Å²) in [6.07, 6.45) is 4.28. The largest absolute Gasteiger partial charge is 2.00 e. The van der Waals surface area contributed by atoms with Crippen LogP contribution in [0.4, 0.5) is 0 Å². The van der Waals surface area contributed by atoms with Crippen molar-refractivity contribution in [1.82, 2.24) is 0 Å². The van der Waals surface area contributed by atoms with E-state index in [9.17, 15) is 9.59 Å². The minimum atomic E-state index is -0.250. The van der Waals surface area contributed by atoms with Gasteiger partial charge in [-0.2, -0.15) is 0 Å². The van der Waals surface area contributed by atoms with Crippen LogP contribution in [0, 0.1) is 12.2 Å². The third kappa shape index (κ3) is 32.1. The Hall–Kier alpha value is -0.957. The van der Waals surface area contributed by atoms with Gasteiger partial charge in [0.15, 0.2) is 0 Å². The average molecular weight is 264 g/mol. The number of hydrogen-bond donors (Lipinski definition) is 2. The zero-order valence-electron chi connectivity index (χ0n) is 9.42. The first-order chi connectivity index (χ1) is 6.25. The van der Waals surface area contributed by atoms with E-state index < -0.39 is 0 Å². The van der Waals surface area contributed by atoms with Crippen LogP contribution in [0.5, 0.6) is 0 Å². The Labute approximate surface area is 102 Å². The molecule has 0 aliphatic carbocycles. The van der Waals surface area contributed by atoms with E-state index in [1.165, 1.54) is 27.7 Å². The van der Waals surface area contributed by atoms with Crippen molar-refractivity contribution in [3.63, 3.8) is 0 Å². The molecule has 0 fully saturated rings. The minimum Gasteiger partial charge on any atom is -0.549 e. The molecule has 0 aromatic carbocycles. The van der Waals surface area contributed by atoms with Crippen LogP contribution >= 0.6 is 0 Å². The number of Topliss-reactive ketones (excluding diaryl/α,β-unsaturated/α-hetero) is 2. The standard InChI is InChI=1S/2C5H7O2.Zn/c2*1-4(6)3-5(2)7;/h2*6H,1-2H3;/q2*-1;+2. The minimum absolute atomic E-state index is 0. The second-order valence-corrected chi connectivity index (χ2v) is 2.53. The van der Waals surface area contributed by atoms with E-state index in [1.807, 2.05) is 0 Å². The van der Waals surface area contributed by atoms with Gasteiger partial charge in [-0.15, -0.1) is 0 Å². The summed E-state index contributed by atoms with van der Waals surface area (Å²) in [7, 11) is 0. The number of allylic oxidation sites excluding steroid dienone is 4. The van der Waals surface area contributed by atoms with Gasteiger partial charge in [0.2, 0.25) is 0 Å². The van der Waals surface area contributed by atoms with Gasteiger partial charge in [-0.1, -0.05) is 11.5 Å². The van der Waals surface area contributed by atoms with Gasteiger partial charge in [0.05, 0.1) is 0 Å². The second kappa shape index (κ2) is 11.1. The molecule has 0 aromatic rings. The average Bonchev–Trinajstić information content (AvgIpc) is 1.79. The summed E-state index contributed by atoms with van der Waals surface area (Å²) < 4.78 is 0. The normalized spacial score (nSPS) is 10.7. The van der Waals surface area contributed by atoms with E-state index in [2.05, 4.69) is 12.2 Å². The molecule has 5 heteroatoms. The van der Waals surface area contributed by atoms with Gasteiger partial charge >= 0.3 is 19.5 Å². The van der Waals surface area contributed by atoms with Crippen LogP contribution in [0.15, 0.2) is 11.5 Å². The summed E-state index contributed by atoms with van der Waals surface area (Å²) in [5.41, 5.74) is 0. The van der Waals surface area contributed by atoms with Crippen LogP contribution in [-0.4, -0.2) is 21.8 Å². The Kier molecular flexibility index (Phi) is 14.5. The quantitative estimate of drug-likeness (QED) is 0.344.